The molecule has 1 aliphatic carbocycles. The van der Waals surface area contributed by atoms with Gasteiger partial charge in [0.15, 0.2) is 10.8 Å². The van der Waals surface area contributed by atoms with Crippen molar-refractivity contribution in [1.29, 1.82) is 5.26 Å². The first-order valence-electron chi connectivity index (χ1n) is 10.9. The molecule has 1 amide bonds. The van der Waals surface area contributed by atoms with E-state index in [0.717, 1.165) is 5.56 Å². The summed E-state index contributed by atoms with van der Waals surface area (Å²) in [5, 5.41) is 13.7. The SMILES string of the molecule is CCC(CC)(C(=O)Nc1ccc(-c2cncc(C#N)n2)cc1)c1csc(NS(=O)(=O)C2CC2)n1. The predicted molar refractivity (Wildman–Crippen MR) is 131 cm³/mol. The van der Waals surface area contributed by atoms with E-state index in [4.69, 9.17) is 5.26 Å². The van der Waals surface area contributed by atoms with Crippen molar-refractivity contribution in [1.82, 2.24) is 15.0 Å². The summed E-state index contributed by atoms with van der Waals surface area (Å²) in [4.78, 5) is 26.1. The van der Waals surface area contributed by atoms with E-state index in [1.165, 1.54) is 17.5 Å². The van der Waals surface area contributed by atoms with Crippen LogP contribution >= 0.6 is 11.3 Å². The molecule has 9 nitrogen and oxygen atoms in total. The minimum absolute atomic E-state index is 0.210. The lowest BCUT2D eigenvalue weighted by Gasteiger charge is -2.28. The number of benzene rings is 1. The van der Waals surface area contributed by atoms with Gasteiger partial charge in [-0.05, 0) is 37.8 Å². The van der Waals surface area contributed by atoms with Gasteiger partial charge in [-0.1, -0.05) is 26.0 Å². The van der Waals surface area contributed by atoms with Crippen LogP contribution in [-0.4, -0.2) is 34.5 Å². The van der Waals surface area contributed by atoms with E-state index in [9.17, 15) is 13.2 Å². The molecule has 1 fully saturated rings. The molecule has 2 aromatic heterocycles. The van der Waals surface area contributed by atoms with E-state index < -0.39 is 15.4 Å². The maximum atomic E-state index is 13.4. The summed E-state index contributed by atoms with van der Waals surface area (Å²) < 4.78 is 27.1. The second kappa shape index (κ2) is 9.48. The number of nitrogens with zero attached hydrogens (tertiary/aromatic N) is 4. The number of carbonyl (C=O) groups is 1. The minimum atomic E-state index is -3.42. The monoisotopic (exact) mass is 496 g/mol. The van der Waals surface area contributed by atoms with Crippen LogP contribution in [0.15, 0.2) is 42.0 Å². The van der Waals surface area contributed by atoms with Crippen LogP contribution in [-0.2, 0) is 20.2 Å². The first-order valence-corrected chi connectivity index (χ1v) is 13.4. The van der Waals surface area contributed by atoms with Crippen LogP contribution in [0.5, 0.6) is 0 Å². The number of amides is 1. The zero-order valence-corrected chi connectivity index (χ0v) is 20.4. The van der Waals surface area contributed by atoms with Crippen molar-refractivity contribution in [3.05, 3.63) is 53.4 Å². The molecule has 0 atom stereocenters. The van der Waals surface area contributed by atoms with Crippen molar-refractivity contribution in [2.24, 2.45) is 0 Å². The van der Waals surface area contributed by atoms with Crippen LogP contribution < -0.4 is 10.0 Å². The lowest BCUT2D eigenvalue weighted by molar-refractivity contribution is -0.122. The molecule has 11 heteroatoms. The lowest BCUT2D eigenvalue weighted by atomic mass is 9.78. The molecule has 34 heavy (non-hydrogen) atoms. The van der Waals surface area contributed by atoms with Gasteiger partial charge in [0, 0.05) is 16.6 Å². The highest BCUT2D eigenvalue weighted by molar-refractivity contribution is 7.93. The fraction of sp³-hybridized carbons (Fsp3) is 0.348. The summed E-state index contributed by atoms with van der Waals surface area (Å²) in [6, 6.07) is 9.10. The average Bonchev–Trinajstić information content (AvgIpc) is 3.62. The van der Waals surface area contributed by atoms with Gasteiger partial charge in [-0.3, -0.25) is 14.5 Å². The first-order chi connectivity index (χ1) is 16.3. The molecule has 1 saturated carbocycles. The van der Waals surface area contributed by atoms with Crippen LogP contribution in [0.3, 0.4) is 0 Å². The van der Waals surface area contributed by atoms with E-state index in [-0.39, 0.29) is 22.0 Å². The maximum absolute atomic E-state index is 13.4. The predicted octanol–water partition coefficient (Wildman–Crippen LogP) is 4.07. The summed E-state index contributed by atoms with van der Waals surface area (Å²) >= 11 is 1.19. The summed E-state index contributed by atoms with van der Waals surface area (Å²) in [6.07, 6.45) is 5.31. The third-order valence-electron chi connectivity index (χ3n) is 6.02. The number of hydrogen-bond acceptors (Lipinski definition) is 8. The Morgan fingerprint density at radius 1 is 1.18 bits per heavy atom. The molecule has 176 valence electrons. The smallest absolute Gasteiger partial charge is 0.237 e. The van der Waals surface area contributed by atoms with Crippen molar-refractivity contribution in [2.45, 2.75) is 50.2 Å². The van der Waals surface area contributed by atoms with Crippen molar-refractivity contribution >= 4 is 38.1 Å². The molecule has 2 N–H and O–H groups in total. The summed E-state index contributed by atoms with van der Waals surface area (Å²) in [7, 11) is -3.42. The highest BCUT2D eigenvalue weighted by atomic mass is 32.2. The molecule has 0 radical (unpaired) electrons. The molecule has 0 unspecified atom stereocenters. The Balaban J connectivity index is 1.52. The molecule has 1 aromatic carbocycles. The molecule has 1 aliphatic rings. The Morgan fingerprint density at radius 2 is 1.88 bits per heavy atom. The number of nitriles is 1. The molecular weight excluding hydrogens is 472 g/mol. The van der Waals surface area contributed by atoms with Gasteiger partial charge in [0.1, 0.15) is 6.07 Å². The normalized spacial score (nSPS) is 13.8. The highest BCUT2D eigenvalue weighted by Gasteiger charge is 2.40. The van der Waals surface area contributed by atoms with Gasteiger partial charge in [-0.25, -0.2) is 18.4 Å². The van der Waals surface area contributed by atoms with Crippen LogP contribution in [0.1, 0.15) is 50.9 Å². The molecule has 0 aliphatic heterocycles. The Bertz CT molecular complexity index is 1340. The van der Waals surface area contributed by atoms with Gasteiger partial charge in [0.25, 0.3) is 0 Å². The molecule has 4 rings (SSSR count). The van der Waals surface area contributed by atoms with E-state index in [0.29, 0.717) is 42.8 Å². The summed E-state index contributed by atoms with van der Waals surface area (Å²) in [5.41, 5.74) is 1.82. The maximum Gasteiger partial charge on any atom is 0.237 e. The van der Waals surface area contributed by atoms with Crippen molar-refractivity contribution < 1.29 is 13.2 Å². The molecule has 3 aromatic rings. The standard InChI is InChI=1S/C23H24N6O3S2/c1-3-23(4-2,20-14-33-22(28-20)29-34(31,32)18-9-10-18)21(30)27-16-7-5-15(6-8-16)19-13-25-12-17(11-24)26-19/h5-8,12-14,18H,3-4,9-10H2,1-2H3,(H,27,30)(H,28,29). The Labute approximate surface area is 202 Å². The molecule has 0 bridgehead atoms. The van der Waals surface area contributed by atoms with Crippen LogP contribution in [0.4, 0.5) is 10.8 Å². The number of hydrogen-bond donors (Lipinski definition) is 2. The molecule has 2 heterocycles. The van der Waals surface area contributed by atoms with Crippen molar-refractivity contribution in [3.8, 4) is 17.3 Å². The van der Waals surface area contributed by atoms with Gasteiger partial charge in [0.2, 0.25) is 15.9 Å². The number of aromatic nitrogens is 3. The fourth-order valence-corrected chi connectivity index (χ4v) is 6.11. The largest absolute Gasteiger partial charge is 0.325 e. The van der Waals surface area contributed by atoms with Crippen LogP contribution in [0, 0.1) is 11.3 Å². The first kappa shape index (κ1) is 23.8. The van der Waals surface area contributed by atoms with E-state index in [1.807, 2.05) is 19.9 Å². The van der Waals surface area contributed by atoms with Crippen molar-refractivity contribution in [2.75, 3.05) is 10.0 Å². The zero-order valence-electron chi connectivity index (χ0n) is 18.8. The summed E-state index contributed by atoms with van der Waals surface area (Å²) in [5.74, 6) is -0.210. The van der Waals surface area contributed by atoms with Gasteiger partial charge >= 0.3 is 0 Å². The van der Waals surface area contributed by atoms with Gasteiger partial charge in [0.05, 0.1) is 34.4 Å². The number of rotatable bonds is 9. The quantitative estimate of drug-likeness (QED) is 0.455. The van der Waals surface area contributed by atoms with Gasteiger partial charge < -0.3 is 5.32 Å². The van der Waals surface area contributed by atoms with Crippen LogP contribution in [0.25, 0.3) is 11.3 Å². The third kappa shape index (κ3) is 4.78. The number of thiazole rings is 1. The number of carbonyl (C=O) groups excluding carboxylic acids is 1. The second-order valence-corrected chi connectivity index (χ2v) is 10.9. The minimum Gasteiger partial charge on any atom is -0.325 e. The second-order valence-electron chi connectivity index (χ2n) is 8.11. The van der Waals surface area contributed by atoms with E-state index >= 15 is 0 Å². The number of nitrogens with one attached hydrogen (secondary N) is 2. The molecule has 0 spiro atoms. The number of anilines is 2. The summed E-state index contributed by atoms with van der Waals surface area (Å²) in [6.45, 7) is 3.83. The topological polar surface area (TPSA) is 138 Å². The number of sulfonamides is 1. The van der Waals surface area contributed by atoms with E-state index in [1.54, 1.807) is 35.8 Å². The lowest BCUT2D eigenvalue weighted by Crippen LogP contribution is -2.39. The molecule has 0 saturated heterocycles. The third-order valence-corrected chi connectivity index (χ3v) is 8.73. The molecular formula is C23H24N6O3S2. The van der Waals surface area contributed by atoms with Crippen LogP contribution in [0.2, 0.25) is 0 Å². The van der Waals surface area contributed by atoms with Gasteiger partial charge in [-0.15, -0.1) is 11.3 Å². The Kier molecular flexibility index (Phi) is 6.63. The Morgan fingerprint density at radius 3 is 2.50 bits per heavy atom. The average molecular weight is 497 g/mol. The highest BCUT2D eigenvalue weighted by Crippen LogP contribution is 2.37. The Hall–Kier alpha value is -3.36. The zero-order chi connectivity index (χ0) is 24.3. The fourth-order valence-electron chi connectivity index (χ4n) is 3.71. The van der Waals surface area contributed by atoms with E-state index in [2.05, 4.69) is 25.0 Å². The van der Waals surface area contributed by atoms with Crippen molar-refractivity contribution in [3.63, 3.8) is 0 Å². The van der Waals surface area contributed by atoms with Gasteiger partial charge in [-0.2, -0.15) is 5.26 Å².